The number of benzene rings is 2. The van der Waals surface area contributed by atoms with Gasteiger partial charge in [0.25, 0.3) is 10.8 Å². The molecule has 0 aliphatic carbocycles. The van der Waals surface area contributed by atoms with Crippen LogP contribution in [0.4, 0.5) is 5.69 Å². The molecule has 0 N–H and O–H groups in total. The molecule has 0 atom stereocenters. The van der Waals surface area contributed by atoms with E-state index in [1.807, 2.05) is 6.92 Å². The Morgan fingerprint density at radius 2 is 1.73 bits per heavy atom. The van der Waals surface area contributed by atoms with Crippen molar-refractivity contribution in [3.8, 4) is 17.5 Å². The summed E-state index contributed by atoms with van der Waals surface area (Å²) in [6.07, 6.45) is 0. The number of nitro groups is 1. The summed E-state index contributed by atoms with van der Waals surface area (Å²) < 4.78 is 30.8. The lowest BCUT2D eigenvalue weighted by molar-refractivity contribution is -0.384. The van der Waals surface area contributed by atoms with Crippen LogP contribution in [0.1, 0.15) is 11.3 Å². The quantitative estimate of drug-likeness (QED) is 0.510. The Kier molecular flexibility index (Phi) is 4.28. The molecule has 0 aliphatic rings. The van der Waals surface area contributed by atoms with E-state index in [4.69, 9.17) is 4.42 Å². The van der Waals surface area contributed by atoms with Crippen molar-refractivity contribution in [3.63, 3.8) is 0 Å². The van der Waals surface area contributed by atoms with E-state index in [0.717, 1.165) is 5.56 Å². The van der Waals surface area contributed by atoms with Gasteiger partial charge in [-0.25, -0.2) is 8.42 Å². The molecule has 0 spiro atoms. The minimum atomic E-state index is -4.07. The smallest absolute Gasteiger partial charge is 0.269 e. The SMILES string of the molecule is Cc1ccc(S(=O)(=O)c2oc(-c3ccc([N+](=O)[O-])cc3)nc2C#N)cc1. The molecule has 130 valence electrons. The fourth-order valence-electron chi connectivity index (χ4n) is 2.23. The number of hydrogen-bond acceptors (Lipinski definition) is 7. The maximum absolute atomic E-state index is 12.7. The highest BCUT2D eigenvalue weighted by Crippen LogP contribution is 2.30. The highest BCUT2D eigenvalue weighted by atomic mass is 32.2. The number of hydrogen-bond donors (Lipinski definition) is 0. The molecule has 3 rings (SSSR count). The molecule has 0 fully saturated rings. The predicted octanol–water partition coefficient (Wildman–Crippen LogP) is 3.26. The summed E-state index contributed by atoms with van der Waals surface area (Å²) in [7, 11) is -4.07. The average Bonchev–Trinajstić information content (AvgIpc) is 3.07. The van der Waals surface area contributed by atoms with Gasteiger partial charge in [-0.15, -0.1) is 0 Å². The molecule has 0 aliphatic heterocycles. The van der Waals surface area contributed by atoms with Crippen molar-refractivity contribution in [1.82, 2.24) is 4.98 Å². The van der Waals surface area contributed by atoms with Gasteiger partial charge in [-0.3, -0.25) is 10.1 Å². The van der Waals surface area contributed by atoms with Gasteiger partial charge in [0.1, 0.15) is 6.07 Å². The van der Waals surface area contributed by atoms with Gasteiger partial charge in [0.15, 0.2) is 5.69 Å². The Balaban J connectivity index is 2.08. The second-order valence-corrected chi connectivity index (χ2v) is 7.24. The minimum absolute atomic E-state index is 0.0222. The van der Waals surface area contributed by atoms with E-state index < -0.39 is 19.9 Å². The summed E-state index contributed by atoms with van der Waals surface area (Å²) in [6, 6.07) is 13.0. The number of nitriles is 1. The first-order valence-corrected chi connectivity index (χ1v) is 8.79. The Morgan fingerprint density at radius 3 is 2.27 bits per heavy atom. The van der Waals surface area contributed by atoms with Crippen LogP contribution in [-0.4, -0.2) is 18.3 Å². The van der Waals surface area contributed by atoms with Crippen LogP contribution in [0.15, 0.2) is 62.9 Å². The Hall–Kier alpha value is -3.51. The normalized spacial score (nSPS) is 11.1. The van der Waals surface area contributed by atoms with Gasteiger partial charge in [-0.1, -0.05) is 17.7 Å². The predicted molar refractivity (Wildman–Crippen MR) is 89.9 cm³/mol. The van der Waals surface area contributed by atoms with E-state index >= 15 is 0 Å². The standard InChI is InChI=1S/C17H11N3O5S/c1-11-2-8-14(9-3-11)26(23,24)17-15(10-18)19-16(25-17)12-4-6-13(7-5-12)20(21)22/h2-9H,1H3. The van der Waals surface area contributed by atoms with Crippen LogP contribution in [0, 0.1) is 28.4 Å². The van der Waals surface area contributed by atoms with Gasteiger partial charge in [-0.05, 0) is 31.2 Å². The number of rotatable bonds is 4. The maximum Gasteiger partial charge on any atom is 0.269 e. The van der Waals surface area contributed by atoms with E-state index in [-0.39, 0.29) is 22.2 Å². The van der Waals surface area contributed by atoms with Crippen molar-refractivity contribution in [2.24, 2.45) is 0 Å². The number of non-ortho nitro benzene ring substituents is 1. The van der Waals surface area contributed by atoms with Crippen molar-refractivity contribution >= 4 is 15.5 Å². The summed E-state index contributed by atoms with van der Waals surface area (Å²) in [5.74, 6) is -0.109. The van der Waals surface area contributed by atoms with Gasteiger partial charge in [0.2, 0.25) is 15.7 Å². The number of sulfone groups is 1. The van der Waals surface area contributed by atoms with E-state index in [1.54, 1.807) is 18.2 Å². The Labute approximate surface area is 148 Å². The van der Waals surface area contributed by atoms with Crippen LogP contribution in [0.5, 0.6) is 0 Å². The molecule has 26 heavy (non-hydrogen) atoms. The minimum Gasteiger partial charge on any atom is -0.423 e. The molecule has 1 aromatic heterocycles. The number of aromatic nitrogens is 1. The third-order valence-electron chi connectivity index (χ3n) is 3.60. The molecule has 0 unspecified atom stereocenters. The average molecular weight is 369 g/mol. The maximum atomic E-state index is 12.7. The summed E-state index contributed by atoms with van der Waals surface area (Å²) in [5, 5.41) is 19.4. The van der Waals surface area contributed by atoms with E-state index in [9.17, 15) is 23.8 Å². The highest BCUT2D eigenvalue weighted by Gasteiger charge is 2.28. The zero-order valence-electron chi connectivity index (χ0n) is 13.4. The molecule has 0 amide bonds. The molecule has 9 heteroatoms. The van der Waals surface area contributed by atoms with E-state index in [0.29, 0.717) is 5.56 Å². The fraction of sp³-hybridized carbons (Fsp3) is 0.0588. The first-order valence-electron chi connectivity index (χ1n) is 7.30. The van der Waals surface area contributed by atoms with Gasteiger partial charge >= 0.3 is 0 Å². The molecule has 3 aromatic rings. The van der Waals surface area contributed by atoms with Crippen molar-refractivity contribution in [2.45, 2.75) is 16.9 Å². The topological polar surface area (TPSA) is 127 Å². The molecule has 0 bridgehead atoms. The third kappa shape index (κ3) is 3.05. The fourth-order valence-corrected chi connectivity index (χ4v) is 3.48. The molecular formula is C17H11N3O5S. The summed E-state index contributed by atoms with van der Waals surface area (Å²) in [5.41, 5.74) is 0.693. The number of aryl methyl sites for hydroxylation is 1. The molecule has 8 nitrogen and oxygen atoms in total. The molecular weight excluding hydrogens is 358 g/mol. The number of nitro benzene ring substituents is 1. The molecule has 0 saturated carbocycles. The first-order chi connectivity index (χ1) is 12.3. The largest absolute Gasteiger partial charge is 0.423 e. The van der Waals surface area contributed by atoms with Crippen LogP contribution in [0.25, 0.3) is 11.5 Å². The molecule has 2 aromatic carbocycles. The molecule has 0 radical (unpaired) electrons. The summed E-state index contributed by atoms with van der Waals surface area (Å²) >= 11 is 0. The lowest BCUT2D eigenvalue weighted by Gasteiger charge is -2.01. The third-order valence-corrected chi connectivity index (χ3v) is 5.26. The zero-order chi connectivity index (χ0) is 18.9. The van der Waals surface area contributed by atoms with Crippen LogP contribution in [0.3, 0.4) is 0 Å². The Morgan fingerprint density at radius 1 is 1.12 bits per heavy atom. The van der Waals surface area contributed by atoms with Gasteiger partial charge in [-0.2, -0.15) is 10.2 Å². The van der Waals surface area contributed by atoms with Gasteiger partial charge < -0.3 is 4.42 Å². The van der Waals surface area contributed by atoms with Crippen molar-refractivity contribution < 1.29 is 17.8 Å². The highest BCUT2D eigenvalue weighted by molar-refractivity contribution is 7.91. The molecule has 1 heterocycles. The van der Waals surface area contributed by atoms with Gasteiger partial charge in [0.05, 0.1) is 9.82 Å². The van der Waals surface area contributed by atoms with Crippen LogP contribution >= 0.6 is 0 Å². The van der Waals surface area contributed by atoms with E-state index in [1.165, 1.54) is 36.4 Å². The lowest BCUT2D eigenvalue weighted by Crippen LogP contribution is -2.02. The Bertz CT molecular complexity index is 1120. The van der Waals surface area contributed by atoms with E-state index in [2.05, 4.69) is 4.98 Å². The summed E-state index contributed by atoms with van der Waals surface area (Å²) in [6.45, 7) is 1.82. The number of nitrogens with zero attached hydrogens (tertiary/aromatic N) is 3. The van der Waals surface area contributed by atoms with Gasteiger partial charge in [0, 0.05) is 17.7 Å². The van der Waals surface area contributed by atoms with Crippen LogP contribution < -0.4 is 0 Å². The van der Waals surface area contributed by atoms with Crippen LogP contribution in [0.2, 0.25) is 0 Å². The van der Waals surface area contributed by atoms with Crippen molar-refractivity contribution in [3.05, 3.63) is 69.9 Å². The lowest BCUT2D eigenvalue weighted by atomic mass is 10.2. The summed E-state index contributed by atoms with van der Waals surface area (Å²) in [4.78, 5) is 14.0. The van der Waals surface area contributed by atoms with Crippen molar-refractivity contribution in [2.75, 3.05) is 0 Å². The van der Waals surface area contributed by atoms with Crippen molar-refractivity contribution in [1.29, 1.82) is 5.26 Å². The first kappa shape index (κ1) is 17.3. The second-order valence-electron chi connectivity index (χ2n) is 5.39. The number of oxazole rings is 1. The monoisotopic (exact) mass is 369 g/mol. The zero-order valence-corrected chi connectivity index (χ0v) is 14.2. The van der Waals surface area contributed by atoms with Crippen LogP contribution in [-0.2, 0) is 9.84 Å². The second kappa shape index (κ2) is 6.42. The molecule has 0 saturated heterocycles.